The van der Waals surface area contributed by atoms with Crippen molar-refractivity contribution >= 4 is 45.2 Å². The van der Waals surface area contributed by atoms with Crippen molar-refractivity contribution in [2.24, 2.45) is 0 Å². The largest absolute Gasteiger partial charge is 0.463 e. The zero-order valence-electron chi connectivity index (χ0n) is 25.0. The first-order valence-corrected chi connectivity index (χ1v) is 17.2. The number of nitrogens with two attached hydrogens (primary N) is 1. The van der Waals surface area contributed by atoms with E-state index in [1.54, 1.807) is 37.6 Å². The highest BCUT2D eigenvalue weighted by atomic mass is 33.1. The maximum absolute atomic E-state index is 12.8. The summed E-state index contributed by atoms with van der Waals surface area (Å²) in [5.74, 6) is 0.887. The fourth-order valence-electron chi connectivity index (χ4n) is 5.01. The summed E-state index contributed by atoms with van der Waals surface area (Å²) in [5, 5.41) is 0.929. The molecule has 13 heteroatoms. The number of hydrogen-bond acceptors (Lipinski definition) is 11. The summed E-state index contributed by atoms with van der Waals surface area (Å²) in [6.07, 6.45) is 5.38. The van der Waals surface area contributed by atoms with Gasteiger partial charge < -0.3 is 20.1 Å². The molecule has 1 saturated heterocycles. The van der Waals surface area contributed by atoms with Crippen molar-refractivity contribution in [3.8, 4) is 6.01 Å². The molecule has 0 unspecified atom stereocenters. The minimum absolute atomic E-state index is 0.00740. The van der Waals surface area contributed by atoms with Crippen LogP contribution in [0, 0.1) is 0 Å². The van der Waals surface area contributed by atoms with Gasteiger partial charge in [-0.15, -0.1) is 0 Å². The first-order chi connectivity index (χ1) is 21.5. The van der Waals surface area contributed by atoms with Crippen LogP contribution in [-0.2, 0) is 22.6 Å². The van der Waals surface area contributed by atoms with Gasteiger partial charge in [-0.2, -0.15) is 9.97 Å². The third kappa shape index (κ3) is 8.54. The van der Waals surface area contributed by atoms with Crippen molar-refractivity contribution in [1.29, 1.82) is 0 Å². The second-order valence-corrected chi connectivity index (χ2v) is 12.8. The Morgan fingerprint density at radius 2 is 1.77 bits per heavy atom. The van der Waals surface area contributed by atoms with Crippen molar-refractivity contribution in [1.82, 2.24) is 24.8 Å². The van der Waals surface area contributed by atoms with Crippen molar-refractivity contribution in [2.75, 3.05) is 56.5 Å². The van der Waals surface area contributed by atoms with E-state index in [1.165, 1.54) is 0 Å². The molecule has 0 spiro atoms. The smallest absolute Gasteiger partial charge is 0.410 e. The van der Waals surface area contributed by atoms with Crippen LogP contribution in [0.25, 0.3) is 0 Å². The van der Waals surface area contributed by atoms with Crippen LogP contribution in [0.3, 0.4) is 0 Å². The van der Waals surface area contributed by atoms with Gasteiger partial charge in [-0.1, -0.05) is 48.4 Å². The van der Waals surface area contributed by atoms with Gasteiger partial charge >= 0.3 is 12.1 Å². The van der Waals surface area contributed by atoms with Gasteiger partial charge in [0.25, 0.3) is 0 Å². The van der Waals surface area contributed by atoms with Gasteiger partial charge in [-0.05, 0) is 54.8 Å². The van der Waals surface area contributed by atoms with Gasteiger partial charge in [0.15, 0.2) is 0 Å². The molecule has 1 fully saturated rings. The summed E-state index contributed by atoms with van der Waals surface area (Å²) < 4.78 is 11.3. The summed E-state index contributed by atoms with van der Waals surface area (Å²) in [4.78, 5) is 45.5. The minimum Gasteiger partial charge on any atom is -0.463 e. The molecule has 2 aliphatic rings. The van der Waals surface area contributed by atoms with E-state index in [1.807, 2.05) is 42.5 Å². The lowest BCUT2D eigenvalue weighted by Gasteiger charge is -2.34. The minimum atomic E-state index is -0.285. The number of aromatic nitrogens is 3. The molecule has 44 heavy (non-hydrogen) atoms. The van der Waals surface area contributed by atoms with Gasteiger partial charge in [0.2, 0.25) is 5.91 Å². The average Bonchev–Trinajstić information content (AvgIpc) is 3.37. The van der Waals surface area contributed by atoms with Crippen LogP contribution in [0.15, 0.2) is 58.6 Å². The highest BCUT2D eigenvalue weighted by Crippen LogP contribution is 2.38. The molecule has 2 amide bonds. The lowest BCUT2D eigenvalue weighted by atomic mass is 10.2. The predicted molar refractivity (Wildman–Crippen MR) is 173 cm³/mol. The van der Waals surface area contributed by atoms with Crippen LogP contribution >= 0.6 is 21.6 Å². The van der Waals surface area contributed by atoms with Gasteiger partial charge in [0.1, 0.15) is 23.3 Å². The summed E-state index contributed by atoms with van der Waals surface area (Å²) in [5.41, 5.74) is 7.78. The van der Waals surface area contributed by atoms with Crippen molar-refractivity contribution < 1.29 is 19.1 Å². The molecular weight excluding hydrogens is 599 g/mol. The molecular formula is C31H39N7O4S2. The third-order valence-electron chi connectivity index (χ3n) is 7.53. The Morgan fingerprint density at radius 3 is 2.57 bits per heavy atom. The zero-order chi connectivity index (χ0) is 30.7. The van der Waals surface area contributed by atoms with E-state index in [0.717, 1.165) is 60.8 Å². The number of unbranched alkanes of at least 4 members (excludes halogenated alkanes) is 2. The van der Waals surface area contributed by atoms with Crippen molar-refractivity contribution in [3.05, 3.63) is 59.8 Å². The summed E-state index contributed by atoms with van der Waals surface area (Å²) in [6.45, 7) is 7.13. The molecule has 0 saturated carbocycles. The second kappa shape index (κ2) is 16.0. The number of fused-ring (bicyclic) bond motifs is 1. The zero-order valence-corrected chi connectivity index (χ0v) is 26.7. The van der Waals surface area contributed by atoms with E-state index >= 15 is 0 Å². The molecule has 3 aromatic rings. The Kier molecular flexibility index (Phi) is 11.6. The highest BCUT2D eigenvalue weighted by molar-refractivity contribution is 8.76. The highest BCUT2D eigenvalue weighted by Gasteiger charge is 2.32. The van der Waals surface area contributed by atoms with Crippen LogP contribution in [-0.4, -0.2) is 82.6 Å². The monoisotopic (exact) mass is 637 g/mol. The number of benzene rings is 1. The number of ether oxygens (including phenoxy) is 2. The summed E-state index contributed by atoms with van der Waals surface area (Å²) >= 11 is 0. The van der Waals surface area contributed by atoms with E-state index in [2.05, 4.69) is 26.8 Å². The maximum atomic E-state index is 12.8. The number of nitrogen functional groups attached to an aromatic ring is 1. The molecule has 0 aliphatic carbocycles. The lowest BCUT2D eigenvalue weighted by molar-refractivity contribution is -0.117. The number of carbonyl (C=O) groups is 2. The number of pyridine rings is 1. The molecule has 2 aromatic heterocycles. The first kappa shape index (κ1) is 31.9. The van der Waals surface area contributed by atoms with Gasteiger partial charge in [0.05, 0.1) is 13.0 Å². The van der Waals surface area contributed by atoms with Crippen LogP contribution in [0.4, 0.5) is 16.4 Å². The molecule has 0 bridgehead atoms. The fraction of sp³-hybridized carbons (Fsp3) is 0.452. The van der Waals surface area contributed by atoms with Crippen LogP contribution in [0.1, 0.15) is 43.7 Å². The lowest BCUT2D eigenvalue weighted by Crippen LogP contribution is -2.49. The van der Waals surface area contributed by atoms with E-state index in [4.69, 9.17) is 15.2 Å². The number of amides is 2. The fourth-order valence-corrected chi connectivity index (χ4v) is 7.10. The molecule has 2 aliphatic heterocycles. The maximum Gasteiger partial charge on any atom is 0.410 e. The third-order valence-corrected chi connectivity index (χ3v) is 9.90. The van der Waals surface area contributed by atoms with E-state index in [9.17, 15) is 9.59 Å². The van der Waals surface area contributed by atoms with E-state index in [-0.39, 0.29) is 31.0 Å². The molecule has 5 rings (SSSR count). The number of anilines is 2. The standard InChI is InChI=1S/C31H39N7O4S2/c1-2-3-20-41-30-34-28(32)24-21-27(39)38(29(24)35-30)15-9-8-14-36-16-18-37(19-17-36)31(40)42-22-23-10-4-5-11-25(23)43-44-26-12-6-7-13-33-26/h4-7,10-13H,2-3,8-9,14-22H2,1H3,(H2,32,34,35). The van der Waals surface area contributed by atoms with Gasteiger partial charge in [-0.25, -0.2) is 9.78 Å². The van der Waals surface area contributed by atoms with Crippen LogP contribution < -0.4 is 15.4 Å². The van der Waals surface area contributed by atoms with E-state index in [0.29, 0.717) is 43.4 Å². The summed E-state index contributed by atoms with van der Waals surface area (Å²) in [7, 11) is 3.19. The SMILES string of the molecule is CCCCOc1nc(N)c2c(n1)N(CCCCN1CCN(C(=O)OCc3ccccc3SSc3ccccn3)CC1)C(=O)C2. The number of nitrogens with zero attached hydrogens (tertiary/aromatic N) is 6. The average molecular weight is 638 g/mol. The molecule has 2 N–H and O–H groups in total. The molecule has 1 aromatic carbocycles. The molecule has 11 nitrogen and oxygen atoms in total. The quantitative estimate of drug-likeness (QED) is 0.188. The number of rotatable bonds is 14. The van der Waals surface area contributed by atoms with Gasteiger partial charge in [0, 0.05) is 54.9 Å². The van der Waals surface area contributed by atoms with Crippen molar-refractivity contribution in [2.45, 2.75) is 55.6 Å². The number of piperazine rings is 1. The molecule has 0 atom stereocenters. The first-order valence-electron chi connectivity index (χ1n) is 15.1. The second-order valence-electron chi connectivity index (χ2n) is 10.7. The van der Waals surface area contributed by atoms with Crippen LogP contribution in [0.5, 0.6) is 6.01 Å². The molecule has 4 heterocycles. The Morgan fingerprint density at radius 1 is 0.977 bits per heavy atom. The van der Waals surface area contributed by atoms with Crippen LogP contribution in [0.2, 0.25) is 0 Å². The topological polar surface area (TPSA) is 127 Å². The number of carbonyl (C=O) groups excluding carboxylic acids is 2. The predicted octanol–water partition coefficient (Wildman–Crippen LogP) is 5.06. The molecule has 234 valence electrons. The normalized spacial score (nSPS) is 15.0. The van der Waals surface area contributed by atoms with Crippen molar-refractivity contribution in [3.63, 3.8) is 0 Å². The number of hydrogen-bond donors (Lipinski definition) is 1. The Hall–Kier alpha value is -3.55. The molecule has 0 radical (unpaired) electrons. The van der Waals surface area contributed by atoms with E-state index < -0.39 is 0 Å². The summed E-state index contributed by atoms with van der Waals surface area (Å²) in [6, 6.07) is 14.0. The Balaban J connectivity index is 1.02. The Bertz CT molecular complexity index is 1410. The van der Waals surface area contributed by atoms with Gasteiger partial charge in [-0.3, -0.25) is 14.6 Å². The Labute approximate surface area is 266 Å².